The minimum atomic E-state index is 0.413. The average Bonchev–Trinajstić information content (AvgIpc) is 2.49. The standard InChI is InChI=1S/C15H31NO4/c1-2-3-8-17-9-10-18-11-12-19-13-14-20-15-4-6-16-7-5-15/h15-16H,2-14H2,1H3. The normalized spacial score (nSPS) is 16.6. The summed E-state index contributed by atoms with van der Waals surface area (Å²) >= 11 is 0. The number of hydrogen-bond donors (Lipinski definition) is 1. The minimum absolute atomic E-state index is 0.413. The zero-order chi connectivity index (χ0) is 14.3. The van der Waals surface area contributed by atoms with Gasteiger partial charge in [0.25, 0.3) is 0 Å². The van der Waals surface area contributed by atoms with Crippen molar-refractivity contribution in [3.05, 3.63) is 0 Å². The van der Waals surface area contributed by atoms with E-state index in [1.54, 1.807) is 0 Å². The van der Waals surface area contributed by atoms with Gasteiger partial charge in [-0.25, -0.2) is 0 Å². The highest BCUT2D eigenvalue weighted by Gasteiger charge is 2.12. The fourth-order valence-corrected chi connectivity index (χ4v) is 2.02. The summed E-state index contributed by atoms with van der Waals surface area (Å²) in [5, 5.41) is 3.32. The van der Waals surface area contributed by atoms with Crippen LogP contribution in [0.5, 0.6) is 0 Å². The summed E-state index contributed by atoms with van der Waals surface area (Å²) in [6.07, 6.45) is 4.94. The molecule has 0 saturated carbocycles. The molecule has 5 heteroatoms. The monoisotopic (exact) mass is 289 g/mol. The van der Waals surface area contributed by atoms with Crippen LogP contribution in [0, 0.1) is 0 Å². The van der Waals surface area contributed by atoms with E-state index in [1.807, 2.05) is 0 Å². The highest BCUT2D eigenvalue weighted by Crippen LogP contribution is 2.06. The van der Waals surface area contributed by atoms with Crippen LogP contribution in [0.3, 0.4) is 0 Å². The molecule has 20 heavy (non-hydrogen) atoms. The van der Waals surface area contributed by atoms with Crippen molar-refractivity contribution in [2.45, 2.75) is 38.7 Å². The van der Waals surface area contributed by atoms with Crippen molar-refractivity contribution in [1.29, 1.82) is 0 Å². The Kier molecular flexibility index (Phi) is 12.3. The van der Waals surface area contributed by atoms with Gasteiger partial charge in [-0.3, -0.25) is 0 Å². The van der Waals surface area contributed by atoms with Crippen LogP contribution in [-0.2, 0) is 18.9 Å². The van der Waals surface area contributed by atoms with E-state index >= 15 is 0 Å². The Morgan fingerprint density at radius 2 is 1.35 bits per heavy atom. The molecular weight excluding hydrogens is 258 g/mol. The van der Waals surface area contributed by atoms with E-state index in [0.717, 1.165) is 39.0 Å². The molecule has 0 spiro atoms. The van der Waals surface area contributed by atoms with Gasteiger partial charge in [0, 0.05) is 6.61 Å². The first-order chi connectivity index (χ1) is 9.93. The molecule has 1 aliphatic heterocycles. The van der Waals surface area contributed by atoms with Crippen molar-refractivity contribution in [3.63, 3.8) is 0 Å². The van der Waals surface area contributed by atoms with E-state index in [2.05, 4.69) is 12.2 Å². The smallest absolute Gasteiger partial charge is 0.0704 e. The number of piperidine rings is 1. The fourth-order valence-electron chi connectivity index (χ4n) is 2.02. The quantitative estimate of drug-likeness (QED) is 0.522. The Balaban J connectivity index is 1.70. The van der Waals surface area contributed by atoms with E-state index in [9.17, 15) is 0 Å². The summed E-state index contributed by atoms with van der Waals surface area (Å²) in [6.45, 7) is 9.06. The molecule has 0 aromatic carbocycles. The highest BCUT2D eigenvalue weighted by atomic mass is 16.6. The van der Waals surface area contributed by atoms with Gasteiger partial charge in [-0.15, -0.1) is 0 Å². The van der Waals surface area contributed by atoms with E-state index in [4.69, 9.17) is 18.9 Å². The van der Waals surface area contributed by atoms with E-state index in [-0.39, 0.29) is 0 Å². The molecular formula is C15H31NO4. The van der Waals surface area contributed by atoms with Crippen LogP contribution >= 0.6 is 0 Å². The van der Waals surface area contributed by atoms with Crippen LogP contribution in [0.25, 0.3) is 0 Å². The minimum Gasteiger partial charge on any atom is -0.379 e. The maximum Gasteiger partial charge on any atom is 0.0704 e. The first-order valence-electron chi connectivity index (χ1n) is 7.99. The molecule has 0 unspecified atom stereocenters. The molecule has 0 aliphatic carbocycles. The van der Waals surface area contributed by atoms with Crippen LogP contribution in [0.1, 0.15) is 32.6 Å². The van der Waals surface area contributed by atoms with Gasteiger partial charge in [-0.05, 0) is 32.4 Å². The van der Waals surface area contributed by atoms with Crippen molar-refractivity contribution in [2.75, 3.05) is 59.3 Å². The molecule has 1 N–H and O–H groups in total. The second-order valence-corrected chi connectivity index (χ2v) is 5.01. The fraction of sp³-hybridized carbons (Fsp3) is 1.00. The Hall–Kier alpha value is -0.200. The SMILES string of the molecule is CCCCOCCOCCOCCOC1CCNCC1. The number of rotatable bonds is 13. The van der Waals surface area contributed by atoms with Gasteiger partial charge in [-0.2, -0.15) is 0 Å². The van der Waals surface area contributed by atoms with Crippen LogP contribution in [0.2, 0.25) is 0 Å². The first-order valence-corrected chi connectivity index (χ1v) is 7.99. The van der Waals surface area contributed by atoms with Gasteiger partial charge in [-0.1, -0.05) is 13.3 Å². The Morgan fingerprint density at radius 3 is 1.95 bits per heavy atom. The number of unbranched alkanes of at least 4 members (excludes halogenated alkanes) is 1. The van der Waals surface area contributed by atoms with Gasteiger partial charge >= 0.3 is 0 Å². The molecule has 1 heterocycles. The Labute approximate surface area is 123 Å². The maximum absolute atomic E-state index is 5.74. The predicted octanol–water partition coefficient (Wildman–Crippen LogP) is 1.60. The molecule has 0 atom stereocenters. The number of hydrogen-bond acceptors (Lipinski definition) is 5. The van der Waals surface area contributed by atoms with Gasteiger partial charge in [0.2, 0.25) is 0 Å². The molecule has 0 aromatic rings. The molecule has 5 nitrogen and oxygen atoms in total. The number of nitrogens with one attached hydrogen (secondary N) is 1. The van der Waals surface area contributed by atoms with Gasteiger partial charge in [0.1, 0.15) is 0 Å². The van der Waals surface area contributed by atoms with Crippen LogP contribution in [0.15, 0.2) is 0 Å². The summed E-state index contributed by atoms with van der Waals surface area (Å²) in [7, 11) is 0. The van der Waals surface area contributed by atoms with Gasteiger partial charge in [0.15, 0.2) is 0 Å². The predicted molar refractivity (Wildman–Crippen MR) is 79.2 cm³/mol. The third-order valence-corrected chi connectivity index (χ3v) is 3.25. The molecule has 0 radical (unpaired) electrons. The lowest BCUT2D eigenvalue weighted by molar-refractivity contribution is -0.0252. The third-order valence-electron chi connectivity index (χ3n) is 3.25. The summed E-state index contributed by atoms with van der Waals surface area (Å²) in [5.74, 6) is 0. The third kappa shape index (κ3) is 10.6. The molecule has 0 bridgehead atoms. The molecule has 1 aliphatic rings. The zero-order valence-electron chi connectivity index (χ0n) is 12.9. The molecule has 120 valence electrons. The van der Waals surface area contributed by atoms with Gasteiger partial charge in [0.05, 0.1) is 45.7 Å². The van der Waals surface area contributed by atoms with Crippen LogP contribution in [0.4, 0.5) is 0 Å². The van der Waals surface area contributed by atoms with E-state index in [0.29, 0.717) is 45.7 Å². The van der Waals surface area contributed by atoms with Crippen LogP contribution < -0.4 is 5.32 Å². The second-order valence-electron chi connectivity index (χ2n) is 5.01. The lowest BCUT2D eigenvalue weighted by atomic mass is 10.1. The summed E-state index contributed by atoms with van der Waals surface area (Å²) in [5.41, 5.74) is 0. The highest BCUT2D eigenvalue weighted by molar-refractivity contribution is 4.67. The summed E-state index contributed by atoms with van der Waals surface area (Å²) in [4.78, 5) is 0. The average molecular weight is 289 g/mol. The molecule has 1 saturated heterocycles. The van der Waals surface area contributed by atoms with Crippen molar-refractivity contribution < 1.29 is 18.9 Å². The largest absolute Gasteiger partial charge is 0.379 e. The summed E-state index contributed by atoms with van der Waals surface area (Å²) in [6, 6.07) is 0. The molecule has 1 rings (SSSR count). The molecule has 0 amide bonds. The van der Waals surface area contributed by atoms with Crippen molar-refractivity contribution in [1.82, 2.24) is 5.32 Å². The molecule has 0 aromatic heterocycles. The Bertz CT molecular complexity index is 198. The lowest BCUT2D eigenvalue weighted by Gasteiger charge is -2.22. The zero-order valence-corrected chi connectivity index (χ0v) is 12.9. The van der Waals surface area contributed by atoms with E-state index < -0.39 is 0 Å². The second kappa shape index (κ2) is 13.8. The van der Waals surface area contributed by atoms with Gasteiger partial charge < -0.3 is 24.3 Å². The lowest BCUT2D eigenvalue weighted by Crippen LogP contribution is -2.33. The maximum atomic E-state index is 5.74. The van der Waals surface area contributed by atoms with Crippen molar-refractivity contribution in [3.8, 4) is 0 Å². The summed E-state index contributed by atoms with van der Waals surface area (Å²) < 4.78 is 22.0. The molecule has 1 fully saturated rings. The Morgan fingerprint density at radius 1 is 0.800 bits per heavy atom. The first kappa shape index (κ1) is 17.9. The van der Waals surface area contributed by atoms with Crippen LogP contribution in [-0.4, -0.2) is 65.4 Å². The topological polar surface area (TPSA) is 49.0 Å². The number of ether oxygens (including phenoxy) is 4. The van der Waals surface area contributed by atoms with Crippen molar-refractivity contribution in [2.24, 2.45) is 0 Å². The van der Waals surface area contributed by atoms with E-state index in [1.165, 1.54) is 6.42 Å². The van der Waals surface area contributed by atoms with Crippen molar-refractivity contribution >= 4 is 0 Å².